The van der Waals surface area contributed by atoms with Gasteiger partial charge < -0.3 is 10.6 Å². The lowest BCUT2D eigenvalue weighted by atomic mass is 10.0. The second-order valence-corrected chi connectivity index (χ2v) is 8.56. The van der Waals surface area contributed by atoms with Crippen LogP contribution in [0.1, 0.15) is 64.1 Å². The molecule has 0 saturated heterocycles. The van der Waals surface area contributed by atoms with Crippen molar-refractivity contribution >= 4 is 39.8 Å². The summed E-state index contributed by atoms with van der Waals surface area (Å²) in [6, 6.07) is 8.73. The third-order valence-corrected chi connectivity index (χ3v) is 6.51. The van der Waals surface area contributed by atoms with Crippen LogP contribution in [-0.2, 0) is 0 Å². The molecule has 1 aromatic carbocycles. The molecular formula is C21H25ClN2O2S. The van der Waals surface area contributed by atoms with Gasteiger partial charge in [0, 0.05) is 6.54 Å². The molecule has 0 bridgehead atoms. The number of thiophene rings is 1. The number of halogens is 1. The van der Waals surface area contributed by atoms with Crippen molar-refractivity contribution in [2.24, 2.45) is 5.92 Å². The van der Waals surface area contributed by atoms with Gasteiger partial charge in [-0.05, 0) is 49.4 Å². The van der Waals surface area contributed by atoms with Gasteiger partial charge in [0.25, 0.3) is 11.8 Å². The standard InChI is InChI=1S/C21H25ClN2O2S/c1-14-13-18(24-20(25)16-10-4-5-11-17(16)22)27-19(14)21(26)23-12-6-9-15-7-2-3-8-15/h4-5,10-11,13,15H,2-3,6-9,12H2,1H3,(H,23,26)(H,24,25). The SMILES string of the molecule is Cc1cc(NC(=O)c2ccccc2Cl)sc1C(=O)NCCCC1CCCC1. The zero-order valence-corrected chi connectivity index (χ0v) is 17.1. The number of carbonyl (C=O) groups is 2. The number of carbonyl (C=O) groups excluding carboxylic acids is 2. The lowest BCUT2D eigenvalue weighted by molar-refractivity contribution is 0.0955. The van der Waals surface area contributed by atoms with Gasteiger partial charge in [-0.3, -0.25) is 9.59 Å². The fraction of sp³-hybridized carbons (Fsp3) is 0.429. The molecule has 3 rings (SSSR count). The van der Waals surface area contributed by atoms with Crippen LogP contribution in [0.2, 0.25) is 5.02 Å². The minimum Gasteiger partial charge on any atom is -0.351 e. The molecule has 0 atom stereocenters. The summed E-state index contributed by atoms with van der Waals surface area (Å²) in [5.41, 5.74) is 1.28. The highest BCUT2D eigenvalue weighted by Crippen LogP contribution is 2.29. The first-order chi connectivity index (χ1) is 13.0. The van der Waals surface area contributed by atoms with Gasteiger partial charge >= 0.3 is 0 Å². The smallest absolute Gasteiger partial charge is 0.261 e. The van der Waals surface area contributed by atoms with Gasteiger partial charge in [0.2, 0.25) is 0 Å². The van der Waals surface area contributed by atoms with Crippen LogP contribution in [0.3, 0.4) is 0 Å². The van der Waals surface area contributed by atoms with E-state index in [2.05, 4.69) is 10.6 Å². The Bertz CT molecular complexity index is 812. The van der Waals surface area contributed by atoms with Crippen molar-refractivity contribution in [3.63, 3.8) is 0 Å². The maximum absolute atomic E-state index is 12.5. The summed E-state index contributed by atoms with van der Waals surface area (Å²) in [4.78, 5) is 25.5. The molecule has 0 radical (unpaired) electrons. The number of nitrogens with one attached hydrogen (secondary N) is 2. The molecule has 2 aromatic rings. The fourth-order valence-electron chi connectivity index (χ4n) is 3.57. The Morgan fingerprint density at radius 1 is 1.19 bits per heavy atom. The van der Waals surface area contributed by atoms with E-state index in [9.17, 15) is 9.59 Å². The molecular weight excluding hydrogens is 380 g/mol. The molecule has 4 nitrogen and oxygen atoms in total. The molecule has 2 amide bonds. The first kappa shape index (κ1) is 19.9. The summed E-state index contributed by atoms with van der Waals surface area (Å²) < 4.78 is 0. The highest BCUT2D eigenvalue weighted by Gasteiger charge is 2.17. The van der Waals surface area contributed by atoms with Crippen molar-refractivity contribution in [3.05, 3.63) is 51.4 Å². The van der Waals surface area contributed by atoms with Crippen molar-refractivity contribution in [3.8, 4) is 0 Å². The molecule has 2 N–H and O–H groups in total. The third kappa shape index (κ3) is 5.33. The van der Waals surface area contributed by atoms with E-state index in [0.717, 1.165) is 17.9 Å². The second-order valence-electron chi connectivity index (χ2n) is 7.11. The lowest BCUT2D eigenvalue weighted by Crippen LogP contribution is -2.24. The zero-order valence-electron chi connectivity index (χ0n) is 15.5. The van der Waals surface area contributed by atoms with Gasteiger partial charge in [0.05, 0.1) is 20.5 Å². The average molecular weight is 405 g/mol. The lowest BCUT2D eigenvalue weighted by Gasteiger charge is -2.09. The Labute approximate surface area is 169 Å². The van der Waals surface area contributed by atoms with Crippen molar-refractivity contribution in [2.75, 3.05) is 11.9 Å². The van der Waals surface area contributed by atoms with Gasteiger partial charge in [0.15, 0.2) is 0 Å². The van der Waals surface area contributed by atoms with Gasteiger partial charge in [-0.25, -0.2) is 0 Å². The molecule has 0 unspecified atom stereocenters. The molecule has 6 heteroatoms. The maximum Gasteiger partial charge on any atom is 0.261 e. The van der Waals surface area contributed by atoms with Crippen LogP contribution in [0.5, 0.6) is 0 Å². The number of amides is 2. The van der Waals surface area contributed by atoms with E-state index >= 15 is 0 Å². The minimum absolute atomic E-state index is 0.0674. The average Bonchev–Trinajstić information content (AvgIpc) is 3.28. The van der Waals surface area contributed by atoms with Crippen LogP contribution in [0.4, 0.5) is 5.00 Å². The number of hydrogen-bond acceptors (Lipinski definition) is 3. The van der Waals surface area contributed by atoms with E-state index in [1.54, 1.807) is 24.3 Å². The molecule has 0 aliphatic heterocycles. The first-order valence-electron chi connectivity index (χ1n) is 9.49. The summed E-state index contributed by atoms with van der Waals surface area (Å²) in [7, 11) is 0. The summed E-state index contributed by atoms with van der Waals surface area (Å²) >= 11 is 7.36. The fourth-order valence-corrected chi connectivity index (χ4v) is 4.77. The van der Waals surface area contributed by atoms with Crippen LogP contribution < -0.4 is 10.6 Å². The number of rotatable bonds is 7. The van der Waals surface area contributed by atoms with Gasteiger partial charge in [-0.2, -0.15) is 0 Å². The van der Waals surface area contributed by atoms with E-state index < -0.39 is 0 Å². The van der Waals surface area contributed by atoms with Crippen molar-refractivity contribution < 1.29 is 9.59 Å². The summed E-state index contributed by atoms with van der Waals surface area (Å²) in [6.07, 6.45) is 7.61. The van der Waals surface area contributed by atoms with Crippen LogP contribution in [0.15, 0.2) is 30.3 Å². The molecule has 144 valence electrons. The number of aryl methyl sites for hydroxylation is 1. The zero-order chi connectivity index (χ0) is 19.2. The Morgan fingerprint density at radius 3 is 2.67 bits per heavy atom. The van der Waals surface area contributed by atoms with Crippen LogP contribution in [-0.4, -0.2) is 18.4 Å². The van der Waals surface area contributed by atoms with Crippen LogP contribution in [0.25, 0.3) is 0 Å². The second kappa shape index (κ2) is 9.38. The molecule has 1 heterocycles. The molecule has 1 fully saturated rings. The monoisotopic (exact) mass is 404 g/mol. The summed E-state index contributed by atoms with van der Waals surface area (Å²) in [5.74, 6) is 0.504. The first-order valence-corrected chi connectivity index (χ1v) is 10.7. The van der Waals surface area contributed by atoms with E-state index in [4.69, 9.17) is 11.6 Å². The van der Waals surface area contributed by atoms with Crippen molar-refractivity contribution in [1.29, 1.82) is 0 Å². The largest absolute Gasteiger partial charge is 0.351 e. The summed E-state index contributed by atoms with van der Waals surface area (Å²) in [6.45, 7) is 2.59. The molecule has 27 heavy (non-hydrogen) atoms. The highest BCUT2D eigenvalue weighted by atomic mass is 35.5. The number of benzene rings is 1. The highest BCUT2D eigenvalue weighted by molar-refractivity contribution is 7.18. The Kier molecular flexibility index (Phi) is 6.91. The van der Waals surface area contributed by atoms with Crippen molar-refractivity contribution in [2.45, 2.75) is 45.4 Å². The molecule has 1 saturated carbocycles. The topological polar surface area (TPSA) is 58.2 Å². The van der Waals surface area contributed by atoms with Gasteiger partial charge in [-0.1, -0.05) is 49.4 Å². The predicted octanol–water partition coefficient (Wildman–Crippen LogP) is 5.66. The quantitative estimate of drug-likeness (QED) is 0.584. The molecule has 0 spiro atoms. The Hall–Kier alpha value is -1.85. The molecule has 1 aliphatic carbocycles. The Balaban J connectivity index is 1.53. The minimum atomic E-state index is -0.273. The van der Waals surface area contributed by atoms with E-state index in [-0.39, 0.29) is 11.8 Å². The predicted molar refractivity (Wildman–Crippen MR) is 112 cm³/mol. The van der Waals surface area contributed by atoms with Crippen molar-refractivity contribution in [1.82, 2.24) is 5.32 Å². The van der Waals surface area contributed by atoms with Crippen LogP contribution >= 0.6 is 22.9 Å². The normalized spacial score (nSPS) is 14.3. The maximum atomic E-state index is 12.5. The third-order valence-electron chi connectivity index (χ3n) is 5.03. The molecule has 1 aromatic heterocycles. The number of anilines is 1. The Morgan fingerprint density at radius 2 is 1.93 bits per heavy atom. The van der Waals surface area contributed by atoms with E-state index in [1.807, 2.05) is 13.0 Å². The van der Waals surface area contributed by atoms with Crippen LogP contribution in [0, 0.1) is 12.8 Å². The molecule has 1 aliphatic rings. The van der Waals surface area contributed by atoms with Gasteiger partial charge in [0.1, 0.15) is 0 Å². The summed E-state index contributed by atoms with van der Waals surface area (Å²) in [5, 5.41) is 6.90. The van der Waals surface area contributed by atoms with Gasteiger partial charge in [-0.15, -0.1) is 11.3 Å². The van der Waals surface area contributed by atoms with E-state index in [1.165, 1.54) is 43.4 Å². The van der Waals surface area contributed by atoms with E-state index in [0.29, 0.717) is 27.0 Å². The number of hydrogen-bond donors (Lipinski definition) is 2.